The highest BCUT2D eigenvalue weighted by Crippen LogP contribution is 2.20. The van der Waals surface area contributed by atoms with Crippen LogP contribution in [0.1, 0.15) is 41.5 Å². The van der Waals surface area contributed by atoms with E-state index in [1.54, 1.807) is 12.1 Å². The van der Waals surface area contributed by atoms with E-state index in [9.17, 15) is 9.18 Å². The number of Topliss-reactive ketones (excluding diaryl/α,β-unsaturated/α-hetero) is 1. The van der Waals surface area contributed by atoms with Gasteiger partial charge in [0.1, 0.15) is 11.7 Å². The first-order chi connectivity index (χ1) is 11.5. The molecule has 1 unspecified atom stereocenters. The number of hydrogen-bond acceptors (Lipinski definition) is 1. The maximum Gasteiger partial charge on any atom is 0.156 e. The normalized spacial score (nSPS) is 11.1. The summed E-state index contributed by atoms with van der Waals surface area (Å²) < 4.78 is 13.0. The van der Waals surface area contributed by atoms with E-state index in [0.717, 1.165) is 23.1 Å². The summed E-state index contributed by atoms with van der Waals surface area (Å²) in [4.78, 5) is 12.6. The third-order valence-electron chi connectivity index (χ3n) is 3.77. The summed E-state index contributed by atoms with van der Waals surface area (Å²) in [6.45, 7) is 3.99. The molecule has 24 heavy (non-hydrogen) atoms. The van der Waals surface area contributed by atoms with Crippen molar-refractivity contribution < 1.29 is 9.18 Å². The number of halogens is 1. The maximum atomic E-state index is 13.0. The first-order valence-corrected chi connectivity index (χ1v) is 7.87. The lowest BCUT2D eigenvalue weighted by Crippen LogP contribution is -2.13. The Labute approximate surface area is 142 Å². The molecule has 0 N–H and O–H groups in total. The quantitative estimate of drug-likeness (QED) is 0.763. The Kier molecular flexibility index (Phi) is 5.94. The van der Waals surface area contributed by atoms with Gasteiger partial charge in [-0.25, -0.2) is 4.39 Å². The predicted molar refractivity (Wildman–Crippen MR) is 95.0 cm³/mol. The second-order valence-electron chi connectivity index (χ2n) is 5.60. The highest BCUT2D eigenvalue weighted by atomic mass is 19.1. The van der Waals surface area contributed by atoms with Crippen LogP contribution in [0.4, 0.5) is 4.39 Å². The number of terminal acetylenes is 1. The molecule has 0 amide bonds. The predicted octanol–water partition coefficient (Wildman–Crippen LogP) is 4.42. The Balaban J connectivity index is 2.22. The molecule has 2 rings (SSSR count). The third kappa shape index (κ3) is 4.34. The summed E-state index contributed by atoms with van der Waals surface area (Å²) in [6, 6.07) is 11.6. The van der Waals surface area contributed by atoms with Gasteiger partial charge in [0.25, 0.3) is 0 Å². The van der Waals surface area contributed by atoms with Crippen LogP contribution in [0.15, 0.2) is 42.5 Å². The van der Waals surface area contributed by atoms with Crippen LogP contribution in [0.2, 0.25) is 0 Å². The molecular formula is C22H19FO. The van der Waals surface area contributed by atoms with Gasteiger partial charge in [0, 0.05) is 18.4 Å². The van der Waals surface area contributed by atoms with Crippen LogP contribution in [0, 0.1) is 36.9 Å². The first-order valence-electron chi connectivity index (χ1n) is 7.87. The van der Waals surface area contributed by atoms with Gasteiger partial charge in [-0.05, 0) is 41.8 Å². The van der Waals surface area contributed by atoms with Crippen LogP contribution < -0.4 is 0 Å². The van der Waals surface area contributed by atoms with Gasteiger partial charge in [0.15, 0.2) is 5.78 Å². The number of ketones is 1. The number of rotatable bonds is 4. The summed E-state index contributed by atoms with van der Waals surface area (Å²) >= 11 is 0. The molecule has 1 atom stereocenters. The Morgan fingerprint density at radius 3 is 2.54 bits per heavy atom. The maximum absolute atomic E-state index is 13.0. The van der Waals surface area contributed by atoms with Crippen LogP contribution in [0.3, 0.4) is 0 Å². The fraction of sp³-hybridized carbons (Fsp3) is 0.227. The second-order valence-corrected chi connectivity index (χ2v) is 5.60. The molecule has 0 radical (unpaired) electrons. The van der Waals surface area contributed by atoms with Crippen LogP contribution in [0.5, 0.6) is 0 Å². The fourth-order valence-corrected chi connectivity index (χ4v) is 2.43. The minimum atomic E-state index is -0.669. The zero-order valence-corrected chi connectivity index (χ0v) is 13.9. The minimum absolute atomic E-state index is 0.0811. The van der Waals surface area contributed by atoms with Crippen LogP contribution in [-0.4, -0.2) is 5.78 Å². The van der Waals surface area contributed by atoms with Crippen molar-refractivity contribution in [2.45, 2.75) is 32.6 Å². The molecule has 0 heterocycles. The standard InChI is InChI=1S/C22H19FO/c1-4-6-7-19-14-17(9-8-16(19)3)15-22(24)21(5-2)18-10-12-20(23)13-11-18/h2,8-14,21H,4,15H2,1,3H3. The number of aryl methyl sites for hydroxylation is 1. The molecule has 0 fully saturated rings. The van der Waals surface area contributed by atoms with E-state index in [0.29, 0.717) is 5.56 Å². The van der Waals surface area contributed by atoms with Crippen molar-refractivity contribution in [1.29, 1.82) is 0 Å². The second kappa shape index (κ2) is 8.14. The Hall–Kier alpha value is -2.84. The SMILES string of the molecule is C#CC(C(=O)Cc1ccc(C)c(C#CCC)c1)c1ccc(F)cc1. The summed E-state index contributed by atoms with van der Waals surface area (Å²) in [5, 5.41) is 0. The lowest BCUT2D eigenvalue weighted by Gasteiger charge is -2.11. The number of hydrogen-bond donors (Lipinski definition) is 0. The molecule has 0 aromatic heterocycles. The van der Waals surface area contributed by atoms with E-state index in [4.69, 9.17) is 6.42 Å². The van der Waals surface area contributed by atoms with Crippen molar-refractivity contribution in [3.05, 3.63) is 70.5 Å². The van der Waals surface area contributed by atoms with Gasteiger partial charge >= 0.3 is 0 Å². The number of benzene rings is 2. The average molecular weight is 318 g/mol. The van der Waals surface area contributed by atoms with E-state index in [1.165, 1.54) is 12.1 Å². The molecule has 2 aromatic carbocycles. The molecule has 2 aromatic rings. The molecule has 0 aliphatic rings. The molecule has 0 saturated heterocycles. The zero-order valence-electron chi connectivity index (χ0n) is 13.9. The molecule has 2 heteroatoms. The van der Waals surface area contributed by atoms with Gasteiger partial charge in [-0.1, -0.05) is 49.0 Å². The van der Waals surface area contributed by atoms with Gasteiger partial charge in [0.2, 0.25) is 0 Å². The molecule has 120 valence electrons. The van der Waals surface area contributed by atoms with Gasteiger partial charge in [0.05, 0.1) is 0 Å². The van der Waals surface area contributed by atoms with Crippen LogP contribution in [0.25, 0.3) is 0 Å². The fourth-order valence-electron chi connectivity index (χ4n) is 2.43. The van der Waals surface area contributed by atoms with Gasteiger partial charge < -0.3 is 0 Å². The van der Waals surface area contributed by atoms with Gasteiger partial charge in [-0.15, -0.1) is 6.42 Å². The Morgan fingerprint density at radius 1 is 1.21 bits per heavy atom. The van der Waals surface area contributed by atoms with Crippen molar-refractivity contribution in [3.8, 4) is 24.2 Å². The highest BCUT2D eigenvalue weighted by molar-refractivity contribution is 5.90. The van der Waals surface area contributed by atoms with Crippen molar-refractivity contribution in [3.63, 3.8) is 0 Å². The molecular weight excluding hydrogens is 299 g/mol. The lowest BCUT2D eigenvalue weighted by atomic mass is 9.91. The molecule has 1 nitrogen and oxygen atoms in total. The molecule has 0 aliphatic carbocycles. The van der Waals surface area contributed by atoms with Crippen LogP contribution in [-0.2, 0) is 11.2 Å². The average Bonchev–Trinajstić information content (AvgIpc) is 2.57. The van der Waals surface area contributed by atoms with Crippen molar-refractivity contribution in [1.82, 2.24) is 0 Å². The smallest absolute Gasteiger partial charge is 0.156 e. The molecule has 0 bridgehead atoms. The van der Waals surface area contributed by atoms with Gasteiger partial charge in [-0.3, -0.25) is 4.79 Å². The summed E-state index contributed by atoms with van der Waals surface area (Å²) in [7, 11) is 0. The highest BCUT2D eigenvalue weighted by Gasteiger charge is 2.18. The van der Waals surface area contributed by atoms with Gasteiger partial charge in [-0.2, -0.15) is 0 Å². The largest absolute Gasteiger partial charge is 0.298 e. The zero-order chi connectivity index (χ0) is 17.5. The first kappa shape index (κ1) is 17.5. The van der Waals surface area contributed by atoms with E-state index in [-0.39, 0.29) is 18.0 Å². The van der Waals surface area contributed by atoms with Crippen LogP contribution >= 0.6 is 0 Å². The van der Waals surface area contributed by atoms with Crippen molar-refractivity contribution >= 4 is 5.78 Å². The minimum Gasteiger partial charge on any atom is -0.298 e. The Morgan fingerprint density at radius 2 is 1.92 bits per heavy atom. The van der Waals surface area contributed by atoms with E-state index in [1.807, 2.05) is 32.0 Å². The summed E-state index contributed by atoms with van der Waals surface area (Å²) in [5.74, 6) is 7.58. The lowest BCUT2D eigenvalue weighted by molar-refractivity contribution is -0.118. The topological polar surface area (TPSA) is 17.1 Å². The summed E-state index contributed by atoms with van der Waals surface area (Å²) in [5.41, 5.74) is 3.54. The monoisotopic (exact) mass is 318 g/mol. The van der Waals surface area contributed by atoms with E-state index >= 15 is 0 Å². The summed E-state index contributed by atoms with van der Waals surface area (Å²) in [6.07, 6.45) is 6.54. The Bertz CT molecular complexity index is 829. The number of carbonyl (C=O) groups excluding carboxylic acids is 1. The van der Waals surface area contributed by atoms with Crippen molar-refractivity contribution in [2.75, 3.05) is 0 Å². The van der Waals surface area contributed by atoms with Crippen molar-refractivity contribution in [2.24, 2.45) is 0 Å². The molecule has 0 spiro atoms. The van der Waals surface area contributed by atoms with E-state index < -0.39 is 5.92 Å². The molecule has 0 saturated carbocycles. The number of carbonyl (C=O) groups is 1. The third-order valence-corrected chi connectivity index (χ3v) is 3.77. The molecule has 0 aliphatic heterocycles. The van der Waals surface area contributed by atoms with E-state index in [2.05, 4.69) is 17.8 Å².